The van der Waals surface area contributed by atoms with E-state index >= 15 is 0 Å². The summed E-state index contributed by atoms with van der Waals surface area (Å²) < 4.78 is 15.4. The van der Waals surface area contributed by atoms with Crippen LogP contribution in [0.2, 0.25) is 0 Å². The Bertz CT molecular complexity index is 1710. The summed E-state index contributed by atoms with van der Waals surface area (Å²) in [7, 11) is 0. The monoisotopic (exact) mass is 525 g/mol. The minimum atomic E-state index is -0.653. The Morgan fingerprint density at radius 1 is 1.00 bits per heavy atom. The zero-order chi connectivity index (χ0) is 26.6. The number of para-hydroxylation sites is 1. The van der Waals surface area contributed by atoms with Crippen molar-refractivity contribution < 1.29 is 14.0 Å². The van der Waals surface area contributed by atoms with Crippen molar-refractivity contribution in [2.24, 2.45) is 0 Å². The highest BCUT2D eigenvalue weighted by atomic mass is 32.1. The molecule has 5 rings (SSSR count). The van der Waals surface area contributed by atoms with Gasteiger partial charge in [0, 0.05) is 5.56 Å². The molecule has 188 valence electrons. The topological polar surface area (TPSA) is 120 Å². The fourth-order valence-electron chi connectivity index (χ4n) is 3.78. The number of anilines is 1. The molecule has 2 aromatic heterocycles. The van der Waals surface area contributed by atoms with Gasteiger partial charge in [0.25, 0.3) is 5.56 Å². The molecule has 0 saturated heterocycles. The standard InChI is InChI=1S/C28H20FN5O3S/c29-19-12-10-18(11-13-19)26-31-15-20(30)28(37)34(26)16-24(35)32-22(14-17-6-2-1-3-7-17)25(36)27-33-21-8-4-5-9-23(21)38-27/h1-15H,16,30H2,(H,32,35). The molecule has 10 heteroatoms. The highest BCUT2D eigenvalue weighted by Gasteiger charge is 2.21. The number of aromatic nitrogens is 3. The van der Waals surface area contributed by atoms with Crippen LogP contribution in [0.3, 0.4) is 0 Å². The normalized spacial score (nSPS) is 11.4. The number of carbonyl (C=O) groups excluding carboxylic acids is 2. The number of amides is 1. The molecule has 38 heavy (non-hydrogen) atoms. The van der Waals surface area contributed by atoms with Gasteiger partial charge in [0.15, 0.2) is 5.01 Å². The summed E-state index contributed by atoms with van der Waals surface area (Å²) in [6, 6.07) is 21.7. The molecule has 2 heterocycles. The third kappa shape index (κ3) is 5.25. The Hall–Kier alpha value is -4.96. The smallest absolute Gasteiger partial charge is 0.277 e. The molecule has 0 spiro atoms. The number of carbonyl (C=O) groups is 2. The molecular formula is C28H20FN5O3S. The van der Waals surface area contributed by atoms with E-state index in [9.17, 15) is 18.8 Å². The van der Waals surface area contributed by atoms with Gasteiger partial charge in [-0.1, -0.05) is 42.5 Å². The van der Waals surface area contributed by atoms with Gasteiger partial charge in [0.2, 0.25) is 11.7 Å². The number of nitrogens with two attached hydrogens (primary N) is 1. The molecule has 8 nitrogen and oxygen atoms in total. The van der Waals surface area contributed by atoms with Crippen molar-refractivity contribution in [2.75, 3.05) is 5.73 Å². The largest absolute Gasteiger partial charge is 0.393 e. The molecule has 1 amide bonds. The lowest BCUT2D eigenvalue weighted by Crippen LogP contribution is -2.35. The van der Waals surface area contributed by atoms with Gasteiger partial charge in [0.05, 0.1) is 22.1 Å². The van der Waals surface area contributed by atoms with Crippen LogP contribution in [0.15, 0.2) is 95.6 Å². The number of allylic oxidation sites excluding steroid dienone is 1. The van der Waals surface area contributed by atoms with E-state index in [1.54, 1.807) is 36.4 Å². The summed E-state index contributed by atoms with van der Waals surface area (Å²) in [5, 5.41) is 2.85. The number of hydrogen-bond acceptors (Lipinski definition) is 7. The molecular weight excluding hydrogens is 505 g/mol. The van der Waals surface area contributed by atoms with Crippen LogP contribution in [-0.2, 0) is 11.3 Å². The Morgan fingerprint density at radius 3 is 2.45 bits per heavy atom. The minimum absolute atomic E-state index is 0.00602. The summed E-state index contributed by atoms with van der Waals surface area (Å²) >= 11 is 1.22. The Morgan fingerprint density at radius 2 is 1.71 bits per heavy atom. The van der Waals surface area contributed by atoms with Crippen LogP contribution >= 0.6 is 11.3 Å². The molecule has 0 unspecified atom stereocenters. The number of ketones is 1. The molecule has 0 aliphatic heterocycles. The number of thiazole rings is 1. The third-order valence-corrected chi connectivity index (χ3v) is 6.63. The number of nitrogen functional groups attached to an aromatic ring is 1. The maximum atomic E-state index is 13.5. The molecule has 0 radical (unpaired) electrons. The zero-order valence-electron chi connectivity index (χ0n) is 19.8. The second-order valence-corrected chi connectivity index (χ2v) is 9.30. The molecule has 0 aliphatic rings. The van der Waals surface area contributed by atoms with E-state index in [1.807, 2.05) is 24.3 Å². The summed E-state index contributed by atoms with van der Waals surface area (Å²) in [6.07, 6.45) is 2.74. The first kappa shape index (κ1) is 24.7. The van der Waals surface area contributed by atoms with Crippen molar-refractivity contribution in [1.29, 1.82) is 0 Å². The van der Waals surface area contributed by atoms with Crippen molar-refractivity contribution in [3.05, 3.63) is 117 Å². The van der Waals surface area contributed by atoms with Gasteiger partial charge in [-0.25, -0.2) is 14.4 Å². The second kappa shape index (κ2) is 10.6. The van der Waals surface area contributed by atoms with Gasteiger partial charge in [0.1, 0.15) is 23.9 Å². The SMILES string of the molecule is Nc1cnc(-c2ccc(F)cc2)n(CC(=O)NC(=Cc2ccccc2)C(=O)c2nc3ccccc3s2)c1=O. The number of Topliss-reactive ketones (excluding diaryl/α,β-unsaturated/α-hetero) is 1. The number of hydrogen-bond donors (Lipinski definition) is 2. The number of nitrogens with one attached hydrogen (secondary N) is 1. The van der Waals surface area contributed by atoms with Gasteiger partial charge < -0.3 is 11.1 Å². The number of nitrogens with zero attached hydrogens (tertiary/aromatic N) is 3. The average molecular weight is 526 g/mol. The summed E-state index contributed by atoms with van der Waals surface area (Å²) in [5.41, 5.74) is 6.75. The van der Waals surface area contributed by atoms with Crippen molar-refractivity contribution >= 4 is 45.0 Å². The van der Waals surface area contributed by atoms with Gasteiger partial charge in [-0.3, -0.25) is 19.0 Å². The lowest BCUT2D eigenvalue weighted by atomic mass is 10.1. The van der Waals surface area contributed by atoms with Crippen molar-refractivity contribution in [3.8, 4) is 11.4 Å². The quantitative estimate of drug-likeness (QED) is 0.242. The number of rotatable bonds is 7. The van der Waals surface area contributed by atoms with Crippen LogP contribution < -0.4 is 16.6 Å². The van der Waals surface area contributed by atoms with Crippen LogP contribution in [0, 0.1) is 5.82 Å². The minimum Gasteiger partial charge on any atom is -0.393 e. The van der Waals surface area contributed by atoms with Crippen molar-refractivity contribution in [3.63, 3.8) is 0 Å². The van der Waals surface area contributed by atoms with E-state index in [0.717, 1.165) is 9.27 Å². The second-order valence-electron chi connectivity index (χ2n) is 8.27. The summed E-state index contributed by atoms with van der Waals surface area (Å²) in [6.45, 7) is -0.483. The molecule has 5 aromatic rings. The Labute approximate surface area is 219 Å². The molecule has 3 N–H and O–H groups in total. The molecule has 3 aromatic carbocycles. The summed E-state index contributed by atoms with van der Waals surface area (Å²) in [5.74, 6) is -1.45. The number of fused-ring (bicyclic) bond motifs is 1. The molecule has 0 bridgehead atoms. The van der Waals surface area contributed by atoms with Crippen molar-refractivity contribution in [2.45, 2.75) is 6.54 Å². The first-order valence-electron chi connectivity index (χ1n) is 11.5. The van der Waals surface area contributed by atoms with E-state index in [4.69, 9.17) is 5.73 Å². The van der Waals surface area contributed by atoms with Crippen LogP contribution in [0.4, 0.5) is 10.1 Å². The van der Waals surface area contributed by atoms with Crippen LogP contribution in [0.1, 0.15) is 15.4 Å². The predicted octanol–water partition coefficient (Wildman–Crippen LogP) is 4.28. The van der Waals surface area contributed by atoms with E-state index in [0.29, 0.717) is 16.6 Å². The molecule has 0 saturated carbocycles. The average Bonchev–Trinajstić information content (AvgIpc) is 3.36. The number of benzene rings is 3. The highest BCUT2D eigenvalue weighted by molar-refractivity contribution is 7.20. The Kier molecular flexibility index (Phi) is 6.88. The van der Waals surface area contributed by atoms with Gasteiger partial charge in [-0.2, -0.15) is 0 Å². The fraction of sp³-hybridized carbons (Fsp3) is 0.0357. The van der Waals surface area contributed by atoms with Gasteiger partial charge >= 0.3 is 0 Å². The Balaban J connectivity index is 1.49. The van der Waals surface area contributed by atoms with Gasteiger partial charge in [-0.05, 0) is 48.0 Å². The van der Waals surface area contributed by atoms with Crippen molar-refractivity contribution in [1.82, 2.24) is 19.9 Å². The van der Waals surface area contributed by atoms with E-state index in [1.165, 1.54) is 41.8 Å². The van der Waals surface area contributed by atoms with Crippen LogP contribution in [-0.4, -0.2) is 26.2 Å². The lowest BCUT2D eigenvalue weighted by Gasteiger charge is -2.14. The first-order chi connectivity index (χ1) is 18.4. The maximum absolute atomic E-state index is 13.5. The molecule has 0 fully saturated rings. The fourth-order valence-corrected chi connectivity index (χ4v) is 4.70. The number of halogens is 1. The van der Waals surface area contributed by atoms with E-state index in [2.05, 4.69) is 15.3 Å². The predicted molar refractivity (Wildman–Crippen MR) is 145 cm³/mol. The first-order valence-corrected chi connectivity index (χ1v) is 12.3. The summed E-state index contributed by atoms with van der Waals surface area (Å²) in [4.78, 5) is 48.1. The zero-order valence-corrected chi connectivity index (χ0v) is 20.6. The molecule has 0 atom stereocenters. The molecule has 0 aliphatic carbocycles. The van der Waals surface area contributed by atoms with E-state index < -0.39 is 29.6 Å². The van der Waals surface area contributed by atoms with Crippen LogP contribution in [0.25, 0.3) is 27.7 Å². The maximum Gasteiger partial charge on any atom is 0.277 e. The lowest BCUT2D eigenvalue weighted by molar-refractivity contribution is -0.120. The van der Waals surface area contributed by atoms with Crippen LogP contribution in [0.5, 0.6) is 0 Å². The van der Waals surface area contributed by atoms with Gasteiger partial charge in [-0.15, -0.1) is 11.3 Å². The highest BCUT2D eigenvalue weighted by Crippen LogP contribution is 2.24. The third-order valence-electron chi connectivity index (χ3n) is 5.60. The van der Waals surface area contributed by atoms with E-state index in [-0.39, 0.29) is 22.2 Å².